The quantitative estimate of drug-likeness (QED) is 0.0528. The number of rotatable bonds is 35. The fraction of sp³-hybridized carbons (Fsp3) is 1.00. The first-order valence-corrected chi connectivity index (χ1v) is 20.9. The lowest BCUT2D eigenvalue weighted by Crippen LogP contribution is -1.98. The highest BCUT2D eigenvalue weighted by Crippen LogP contribution is 2.20. The van der Waals surface area contributed by atoms with Crippen LogP contribution in [0.2, 0.25) is 0 Å². The van der Waals surface area contributed by atoms with E-state index in [0.29, 0.717) is 0 Å². The van der Waals surface area contributed by atoms with Gasteiger partial charge in [0, 0.05) is 4.83 Å². The number of hydrogen-bond donors (Lipinski definition) is 1. The Kier molecular flexibility index (Phi) is 46.2. The van der Waals surface area contributed by atoms with Gasteiger partial charge in [0.1, 0.15) is 0 Å². The average molecular weight is 659 g/mol. The lowest BCUT2D eigenvalue weighted by atomic mass is 10.0. The molecule has 1 N–H and O–H groups in total. The third-order valence-electron chi connectivity index (χ3n) is 8.99. The van der Waals surface area contributed by atoms with Gasteiger partial charge >= 0.3 is 0 Å². The second kappa shape index (κ2) is 43.6. The van der Waals surface area contributed by atoms with Crippen molar-refractivity contribution in [3.05, 3.63) is 0 Å². The Hall–Kier alpha value is 0.440. The molecule has 0 rings (SSSR count). The van der Waals surface area contributed by atoms with Crippen molar-refractivity contribution in [1.29, 1.82) is 0 Å². The van der Waals surface area contributed by atoms with Gasteiger partial charge in [0.15, 0.2) is 0 Å². The minimum Gasteiger partial charge on any atom is -0.323 e. The molecule has 0 aromatic heterocycles. The summed E-state index contributed by atoms with van der Waals surface area (Å²) < 4.78 is 0. The van der Waals surface area contributed by atoms with E-state index in [0.717, 1.165) is 4.83 Å². The van der Waals surface area contributed by atoms with Crippen LogP contribution >= 0.6 is 15.9 Å². The molecular formula is C40H84BrN. The van der Waals surface area contributed by atoms with E-state index < -0.39 is 0 Å². The van der Waals surface area contributed by atoms with E-state index in [4.69, 9.17) is 0 Å². The highest BCUT2D eigenvalue weighted by molar-refractivity contribution is 9.09. The van der Waals surface area contributed by atoms with E-state index in [1.165, 1.54) is 225 Å². The third-order valence-corrected chi connectivity index (χ3v) is 9.91. The number of unbranched alkanes of at least 4 members (excludes halogenated alkanes) is 31. The molecule has 0 spiro atoms. The Morgan fingerprint density at radius 2 is 0.452 bits per heavy atom. The molecule has 0 fully saturated rings. The molecule has 0 bridgehead atoms. The molecule has 0 aliphatic heterocycles. The summed E-state index contributed by atoms with van der Waals surface area (Å²) in [6, 6.07) is 0. The van der Waals surface area contributed by atoms with Gasteiger partial charge in [0.25, 0.3) is 0 Å². The maximum Gasteiger partial charge on any atom is 0.0145 e. The maximum atomic E-state index is 3.97. The van der Waals surface area contributed by atoms with Gasteiger partial charge in [0.2, 0.25) is 0 Å². The van der Waals surface area contributed by atoms with Gasteiger partial charge in [-0.1, -0.05) is 242 Å². The molecule has 0 heterocycles. The number of hydrogen-bond acceptors (Lipinski definition) is 1. The molecule has 0 aromatic rings. The fourth-order valence-electron chi connectivity index (χ4n) is 6.15. The second-order valence-electron chi connectivity index (χ2n) is 13.6. The van der Waals surface area contributed by atoms with Crippen molar-refractivity contribution in [3.63, 3.8) is 0 Å². The molecule has 1 nitrogen and oxygen atoms in total. The molecule has 2 heteroatoms. The van der Waals surface area contributed by atoms with E-state index >= 15 is 0 Å². The summed E-state index contributed by atoms with van der Waals surface area (Å²) in [5.74, 6) is 0. The zero-order chi connectivity index (χ0) is 31.0. The monoisotopic (exact) mass is 658 g/mol. The predicted octanol–water partition coefficient (Wildman–Crippen LogP) is 15.3. The summed E-state index contributed by atoms with van der Waals surface area (Å²) in [4.78, 5) is 0.778. The Morgan fingerprint density at radius 1 is 0.310 bits per heavy atom. The first kappa shape index (κ1) is 44.6. The van der Waals surface area contributed by atoms with Crippen LogP contribution < -0.4 is 5.32 Å². The van der Waals surface area contributed by atoms with Crippen molar-refractivity contribution in [2.75, 3.05) is 14.1 Å². The number of alkyl halides is 1. The molecule has 0 amide bonds. The van der Waals surface area contributed by atoms with E-state index in [2.05, 4.69) is 35.1 Å². The molecule has 256 valence electrons. The van der Waals surface area contributed by atoms with E-state index in [9.17, 15) is 0 Å². The van der Waals surface area contributed by atoms with E-state index in [1.807, 2.05) is 14.1 Å². The molecule has 1 unspecified atom stereocenters. The lowest BCUT2D eigenvalue weighted by molar-refractivity contribution is 0.515. The van der Waals surface area contributed by atoms with Gasteiger partial charge in [0.05, 0.1) is 0 Å². The summed E-state index contributed by atoms with van der Waals surface area (Å²) in [6.07, 6.45) is 51.2. The smallest absolute Gasteiger partial charge is 0.0145 e. The largest absolute Gasteiger partial charge is 0.323 e. The predicted molar refractivity (Wildman–Crippen MR) is 201 cm³/mol. The van der Waals surface area contributed by atoms with Gasteiger partial charge in [-0.25, -0.2) is 0 Å². The summed E-state index contributed by atoms with van der Waals surface area (Å²) in [7, 11) is 3.75. The summed E-state index contributed by atoms with van der Waals surface area (Å²) >= 11 is 3.97. The Labute approximate surface area is 277 Å². The molecule has 0 saturated carbocycles. The van der Waals surface area contributed by atoms with Crippen LogP contribution in [0.25, 0.3) is 0 Å². The Balaban J connectivity index is 0. The number of nitrogens with one attached hydrogen (secondary N) is 1. The summed E-state index contributed by atoms with van der Waals surface area (Å²) in [5, 5.41) is 2.75. The molecule has 42 heavy (non-hydrogen) atoms. The van der Waals surface area contributed by atoms with Crippen LogP contribution in [0.4, 0.5) is 0 Å². The van der Waals surface area contributed by atoms with Crippen LogP contribution in [-0.2, 0) is 0 Å². The van der Waals surface area contributed by atoms with Gasteiger partial charge < -0.3 is 5.32 Å². The van der Waals surface area contributed by atoms with Gasteiger partial charge in [-0.2, -0.15) is 0 Å². The van der Waals surface area contributed by atoms with Crippen molar-refractivity contribution >= 4 is 15.9 Å². The van der Waals surface area contributed by atoms with Gasteiger partial charge in [-0.05, 0) is 26.9 Å². The lowest BCUT2D eigenvalue weighted by Gasteiger charge is -2.09. The highest BCUT2D eigenvalue weighted by atomic mass is 79.9. The first-order valence-electron chi connectivity index (χ1n) is 19.9. The zero-order valence-electron chi connectivity index (χ0n) is 30.2. The molecule has 0 aliphatic carbocycles. The van der Waals surface area contributed by atoms with Crippen LogP contribution in [0.5, 0.6) is 0 Å². The molecule has 0 aromatic carbocycles. The van der Waals surface area contributed by atoms with Crippen LogP contribution in [0, 0.1) is 0 Å². The fourth-order valence-corrected chi connectivity index (χ4v) is 6.80. The Bertz CT molecular complexity index is 426. The van der Waals surface area contributed by atoms with Crippen LogP contribution in [-0.4, -0.2) is 18.9 Å². The molecule has 0 radical (unpaired) electrons. The van der Waals surface area contributed by atoms with Crippen LogP contribution in [0.15, 0.2) is 0 Å². The normalized spacial score (nSPS) is 11.9. The topological polar surface area (TPSA) is 12.0 Å². The third kappa shape index (κ3) is 44.9. The molecular weight excluding hydrogens is 574 g/mol. The first-order chi connectivity index (χ1) is 20.7. The molecule has 1 atom stereocenters. The molecule has 0 saturated heterocycles. The summed E-state index contributed by atoms with van der Waals surface area (Å²) in [6.45, 7) is 4.62. The van der Waals surface area contributed by atoms with Crippen molar-refractivity contribution < 1.29 is 0 Å². The summed E-state index contributed by atoms with van der Waals surface area (Å²) in [5.41, 5.74) is 0. The maximum absolute atomic E-state index is 3.97. The van der Waals surface area contributed by atoms with Crippen molar-refractivity contribution in [3.8, 4) is 0 Å². The van der Waals surface area contributed by atoms with Crippen LogP contribution in [0.1, 0.15) is 239 Å². The minimum atomic E-state index is 0.778. The van der Waals surface area contributed by atoms with Crippen molar-refractivity contribution in [2.24, 2.45) is 0 Å². The highest BCUT2D eigenvalue weighted by Gasteiger charge is 2.04. The van der Waals surface area contributed by atoms with E-state index in [-0.39, 0.29) is 0 Å². The van der Waals surface area contributed by atoms with Crippen molar-refractivity contribution in [2.45, 2.75) is 243 Å². The second-order valence-corrected chi connectivity index (χ2v) is 14.9. The standard InChI is InChI=1S/C38H77Br.C2H7N/c1-3-5-7-9-11-13-15-17-19-20-21-23-25-27-29-31-33-35-37-38(39)36-34-32-30-28-26-24-22-18-16-14-12-10-8-6-4-2;1-3-2/h38H,3-37H2,1-2H3;3H,1-2H3. The van der Waals surface area contributed by atoms with Crippen molar-refractivity contribution in [1.82, 2.24) is 5.32 Å². The zero-order valence-corrected chi connectivity index (χ0v) is 31.8. The Morgan fingerprint density at radius 3 is 0.619 bits per heavy atom. The van der Waals surface area contributed by atoms with Gasteiger partial charge in [-0.3, -0.25) is 0 Å². The average Bonchev–Trinajstić information content (AvgIpc) is 2.99. The minimum absolute atomic E-state index is 0.778. The molecule has 0 aliphatic rings. The number of halogens is 1. The van der Waals surface area contributed by atoms with E-state index in [1.54, 1.807) is 0 Å². The SMILES string of the molecule is CCCCCCCCCCCCCCCCCCCCC(Br)CCCCCCCCCCCCCCCCC.CNC. The van der Waals surface area contributed by atoms with Crippen LogP contribution in [0.3, 0.4) is 0 Å². The van der Waals surface area contributed by atoms with Gasteiger partial charge in [-0.15, -0.1) is 0 Å².